The summed E-state index contributed by atoms with van der Waals surface area (Å²) in [6.45, 7) is 4.32. The number of rotatable bonds is 4. The summed E-state index contributed by atoms with van der Waals surface area (Å²) in [6, 6.07) is 8.20. The minimum atomic E-state index is 0.0349. The standard InChI is InChI=1S/C19H20N4O/c1-19(6-7-19)24-13-4-5-15-14(10-13)18(22-15)16-11-17(21-12-20-16)23-8-2-3-9-23/h4-5,10-12H,2-3,6-9H2,1H3. The minimum absolute atomic E-state index is 0.0349. The molecule has 5 rings (SSSR count). The van der Waals surface area contributed by atoms with Gasteiger partial charge in [-0.15, -0.1) is 0 Å². The third kappa shape index (κ3) is 2.35. The van der Waals surface area contributed by atoms with Crippen molar-refractivity contribution in [2.45, 2.75) is 38.2 Å². The van der Waals surface area contributed by atoms with Gasteiger partial charge in [0.1, 0.15) is 23.5 Å². The first-order valence-corrected chi connectivity index (χ1v) is 8.70. The second kappa shape index (κ2) is 5.03. The number of aromatic nitrogens is 2. The maximum absolute atomic E-state index is 6.08. The van der Waals surface area contributed by atoms with Crippen LogP contribution >= 0.6 is 0 Å². The first-order chi connectivity index (χ1) is 11.7. The minimum Gasteiger partial charge on any atom is -0.488 e. The van der Waals surface area contributed by atoms with Gasteiger partial charge in [-0.05, 0) is 50.8 Å². The second-order valence-corrected chi connectivity index (χ2v) is 7.15. The molecule has 1 aromatic carbocycles. The van der Waals surface area contributed by atoms with Gasteiger partial charge in [-0.3, -0.25) is 0 Å². The Morgan fingerprint density at radius 1 is 1.08 bits per heavy atom. The molecule has 3 heterocycles. The Morgan fingerprint density at radius 2 is 1.92 bits per heavy atom. The van der Waals surface area contributed by atoms with E-state index in [1.54, 1.807) is 6.33 Å². The molecule has 0 bridgehead atoms. The van der Waals surface area contributed by atoms with Crippen molar-refractivity contribution in [1.82, 2.24) is 9.97 Å². The van der Waals surface area contributed by atoms with Crippen LogP contribution in [0.15, 0.2) is 35.6 Å². The number of hydrogen-bond donors (Lipinski definition) is 0. The van der Waals surface area contributed by atoms with Gasteiger partial charge in [0.05, 0.1) is 17.1 Å². The van der Waals surface area contributed by atoms with Gasteiger partial charge in [-0.25, -0.2) is 15.0 Å². The molecule has 0 unspecified atom stereocenters. The van der Waals surface area contributed by atoms with E-state index < -0.39 is 0 Å². The lowest BCUT2D eigenvalue weighted by Crippen LogP contribution is -2.21. The summed E-state index contributed by atoms with van der Waals surface area (Å²) in [5, 5.41) is 0. The van der Waals surface area contributed by atoms with Crippen molar-refractivity contribution in [1.29, 1.82) is 0 Å². The zero-order valence-electron chi connectivity index (χ0n) is 13.8. The Bertz CT molecular complexity index is 835. The topological polar surface area (TPSA) is 50.6 Å². The quantitative estimate of drug-likeness (QED) is 0.738. The summed E-state index contributed by atoms with van der Waals surface area (Å²) >= 11 is 0. The fourth-order valence-corrected chi connectivity index (χ4v) is 3.35. The molecule has 2 aliphatic heterocycles. The summed E-state index contributed by atoms with van der Waals surface area (Å²) in [7, 11) is 0. The fourth-order valence-electron chi connectivity index (χ4n) is 3.35. The first-order valence-electron chi connectivity index (χ1n) is 8.70. The Balaban J connectivity index is 1.42. The molecular formula is C19H20N4O. The van der Waals surface area contributed by atoms with E-state index in [9.17, 15) is 0 Å². The van der Waals surface area contributed by atoms with Gasteiger partial charge in [-0.1, -0.05) is 0 Å². The summed E-state index contributed by atoms with van der Waals surface area (Å²) in [5.41, 5.74) is 4.02. The normalized spacial score (nSPS) is 20.2. The first kappa shape index (κ1) is 14.0. The van der Waals surface area contributed by atoms with E-state index in [2.05, 4.69) is 38.9 Å². The number of benzene rings is 1. The molecule has 122 valence electrons. The Morgan fingerprint density at radius 3 is 2.71 bits per heavy atom. The summed E-state index contributed by atoms with van der Waals surface area (Å²) in [5.74, 6) is 1.93. The molecule has 5 nitrogen and oxygen atoms in total. The number of nitrogens with zero attached hydrogens (tertiary/aromatic N) is 4. The summed E-state index contributed by atoms with van der Waals surface area (Å²) in [4.78, 5) is 15.8. The Hall–Kier alpha value is -2.43. The third-order valence-electron chi connectivity index (χ3n) is 5.10. The predicted octanol–water partition coefficient (Wildman–Crippen LogP) is 3.49. The molecule has 2 aromatic rings. The molecular weight excluding hydrogens is 300 g/mol. The molecule has 0 N–H and O–H groups in total. The van der Waals surface area contributed by atoms with E-state index in [1.165, 1.54) is 12.8 Å². The van der Waals surface area contributed by atoms with Crippen LogP contribution in [0, 0.1) is 0 Å². The molecule has 1 aromatic heterocycles. The molecule has 1 saturated heterocycles. The van der Waals surface area contributed by atoms with Crippen molar-refractivity contribution in [3.05, 3.63) is 41.9 Å². The molecule has 2 fully saturated rings. The van der Waals surface area contributed by atoms with Crippen LogP contribution in [0.4, 0.5) is 11.5 Å². The summed E-state index contributed by atoms with van der Waals surface area (Å²) in [6.07, 6.45) is 6.40. The lowest BCUT2D eigenvalue weighted by atomic mass is 9.99. The highest BCUT2D eigenvalue weighted by Gasteiger charge is 2.40. The lowest BCUT2D eigenvalue weighted by Gasteiger charge is -2.22. The highest BCUT2D eigenvalue weighted by atomic mass is 16.5. The highest BCUT2D eigenvalue weighted by molar-refractivity contribution is 6.21. The average Bonchev–Trinajstić information content (AvgIpc) is 3.08. The van der Waals surface area contributed by atoms with E-state index in [4.69, 9.17) is 4.74 Å². The molecule has 0 amide bonds. The van der Waals surface area contributed by atoms with Crippen molar-refractivity contribution < 1.29 is 4.74 Å². The van der Waals surface area contributed by atoms with Crippen molar-refractivity contribution in [3.8, 4) is 5.75 Å². The van der Waals surface area contributed by atoms with Crippen LogP contribution in [0.25, 0.3) is 0 Å². The van der Waals surface area contributed by atoms with E-state index in [0.717, 1.165) is 60.2 Å². The van der Waals surface area contributed by atoms with Gasteiger partial charge in [0, 0.05) is 24.7 Å². The van der Waals surface area contributed by atoms with E-state index in [1.807, 2.05) is 12.1 Å². The van der Waals surface area contributed by atoms with Crippen molar-refractivity contribution in [2.75, 3.05) is 18.0 Å². The molecule has 1 aliphatic carbocycles. The highest BCUT2D eigenvalue weighted by Crippen LogP contribution is 2.42. The van der Waals surface area contributed by atoms with Crippen LogP contribution in [0.1, 0.15) is 43.9 Å². The number of ether oxygens (including phenoxy) is 1. The second-order valence-electron chi connectivity index (χ2n) is 7.15. The van der Waals surface area contributed by atoms with E-state index in [-0.39, 0.29) is 5.60 Å². The third-order valence-corrected chi connectivity index (χ3v) is 5.10. The van der Waals surface area contributed by atoms with Crippen molar-refractivity contribution in [2.24, 2.45) is 4.99 Å². The van der Waals surface area contributed by atoms with Gasteiger partial charge >= 0.3 is 0 Å². The molecule has 0 radical (unpaired) electrons. The zero-order valence-corrected chi connectivity index (χ0v) is 13.8. The molecule has 0 spiro atoms. The van der Waals surface area contributed by atoms with Crippen LogP contribution in [0.3, 0.4) is 0 Å². The number of anilines is 1. The largest absolute Gasteiger partial charge is 0.488 e. The maximum Gasteiger partial charge on any atom is 0.132 e. The van der Waals surface area contributed by atoms with Gasteiger partial charge in [-0.2, -0.15) is 0 Å². The molecule has 1 saturated carbocycles. The Kier molecular flexibility index (Phi) is 2.93. The molecule has 24 heavy (non-hydrogen) atoms. The predicted molar refractivity (Wildman–Crippen MR) is 93.5 cm³/mol. The molecule has 0 atom stereocenters. The van der Waals surface area contributed by atoms with Crippen LogP contribution in [-0.4, -0.2) is 34.4 Å². The number of hydrogen-bond acceptors (Lipinski definition) is 5. The van der Waals surface area contributed by atoms with Gasteiger partial charge in [0.15, 0.2) is 0 Å². The fraction of sp³-hybridized carbons (Fsp3) is 0.421. The molecule has 5 heteroatoms. The summed E-state index contributed by atoms with van der Waals surface area (Å²) < 4.78 is 6.08. The van der Waals surface area contributed by atoms with Crippen LogP contribution in [0.2, 0.25) is 0 Å². The van der Waals surface area contributed by atoms with Crippen molar-refractivity contribution >= 4 is 17.2 Å². The Labute approximate surface area is 141 Å². The van der Waals surface area contributed by atoms with E-state index in [0.29, 0.717) is 0 Å². The van der Waals surface area contributed by atoms with Crippen LogP contribution < -0.4 is 9.64 Å². The van der Waals surface area contributed by atoms with E-state index >= 15 is 0 Å². The lowest BCUT2D eigenvalue weighted by molar-refractivity contribution is 0.200. The maximum atomic E-state index is 6.08. The zero-order chi connectivity index (χ0) is 16.1. The SMILES string of the molecule is CC1(Oc2ccc3c(c2)C(c2cc(N4CCCC4)ncn2)=N3)CC1. The van der Waals surface area contributed by atoms with Gasteiger partial charge in [0.2, 0.25) is 0 Å². The number of fused-ring (bicyclic) bond motifs is 1. The van der Waals surface area contributed by atoms with Crippen LogP contribution in [-0.2, 0) is 0 Å². The smallest absolute Gasteiger partial charge is 0.132 e. The van der Waals surface area contributed by atoms with Crippen molar-refractivity contribution in [3.63, 3.8) is 0 Å². The number of aliphatic imine (C=N–C) groups is 1. The average molecular weight is 320 g/mol. The monoisotopic (exact) mass is 320 g/mol. The van der Waals surface area contributed by atoms with Gasteiger partial charge < -0.3 is 9.64 Å². The molecule has 3 aliphatic rings. The van der Waals surface area contributed by atoms with Crippen LogP contribution in [0.5, 0.6) is 5.75 Å². The van der Waals surface area contributed by atoms with Gasteiger partial charge in [0.25, 0.3) is 0 Å².